The monoisotopic (exact) mass is 794 g/mol. The SMILES string of the molecule is CC=CC1CC1(NC(=O)C1CC(Oc2nccc3cc(OCC)c(F)cc23)CN1C(=O)C(N=C(N)OC(C)(C)C(F)F)C(C)C)C(=O)NS(=O)(=O)C1(C)CC1. The number of benzene rings is 1. The number of rotatable bonds is 15. The molecule has 3 amide bonds. The van der Waals surface area contributed by atoms with Gasteiger partial charge < -0.3 is 30.2 Å². The van der Waals surface area contributed by atoms with Crippen molar-refractivity contribution in [3.63, 3.8) is 0 Å². The predicted molar refractivity (Wildman–Crippen MR) is 197 cm³/mol. The number of nitrogens with one attached hydrogen (secondary N) is 2. The second-order valence-corrected chi connectivity index (χ2v) is 17.6. The summed E-state index contributed by atoms with van der Waals surface area (Å²) in [7, 11) is -4.05. The van der Waals surface area contributed by atoms with Gasteiger partial charge in [0.15, 0.2) is 17.2 Å². The zero-order chi connectivity index (χ0) is 40.7. The number of aromatic nitrogens is 1. The number of sulfonamides is 1. The fraction of sp³-hybridized carbons (Fsp3) is 0.595. The lowest BCUT2D eigenvalue weighted by atomic mass is 10.0. The summed E-state index contributed by atoms with van der Waals surface area (Å²) in [6.07, 6.45) is 1.73. The van der Waals surface area contributed by atoms with Gasteiger partial charge in [-0.05, 0) is 83.4 Å². The van der Waals surface area contributed by atoms with Crippen LogP contribution in [0.3, 0.4) is 0 Å². The lowest BCUT2D eigenvalue weighted by molar-refractivity contribution is -0.141. The summed E-state index contributed by atoms with van der Waals surface area (Å²) >= 11 is 0. The number of amides is 3. The minimum absolute atomic E-state index is 0.0215. The standard InChI is InChI=1S/C37H49F3N6O8S/c1-8-10-22-18-37(22,33(49)45-55(50,51)36(7)12-13-36)44-29(47)26-16-23(53-30-24-17-25(38)27(52-9-2)15-21(24)11-14-42-30)19-46(26)31(48)28(20(3)4)43-34(41)54-35(5,6)32(39)40/h8,10-11,14-15,17,20,22-23,26,28,32H,9,12-13,16,18-19H2,1-7H3,(H2,41,43)(H,44,47)(H,45,49). The Labute approximate surface area is 318 Å². The van der Waals surface area contributed by atoms with Gasteiger partial charge >= 0.3 is 0 Å². The number of allylic oxidation sites excluding steroid dienone is 1. The molecule has 18 heteroatoms. The normalized spacial score (nSPS) is 24.3. The van der Waals surface area contributed by atoms with Crippen molar-refractivity contribution in [2.75, 3.05) is 13.2 Å². The van der Waals surface area contributed by atoms with Crippen molar-refractivity contribution >= 4 is 44.5 Å². The molecular weight excluding hydrogens is 746 g/mol. The van der Waals surface area contributed by atoms with Crippen molar-refractivity contribution in [3.05, 3.63) is 42.4 Å². The lowest BCUT2D eigenvalue weighted by Crippen LogP contribution is -2.58. The van der Waals surface area contributed by atoms with Crippen LogP contribution in [0.2, 0.25) is 0 Å². The maximum absolute atomic E-state index is 15.0. The van der Waals surface area contributed by atoms with Crippen LogP contribution in [-0.2, 0) is 29.1 Å². The van der Waals surface area contributed by atoms with Crippen LogP contribution in [0.15, 0.2) is 41.5 Å². The number of carbonyl (C=O) groups excluding carboxylic acids is 3. The highest BCUT2D eigenvalue weighted by molar-refractivity contribution is 7.91. The van der Waals surface area contributed by atoms with E-state index in [4.69, 9.17) is 19.9 Å². The molecule has 1 saturated heterocycles. The Bertz CT molecular complexity index is 1990. The quantitative estimate of drug-likeness (QED) is 0.135. The molecule has 3 aliphatic rings. The van der Waals surface area contributed by atoms with E-state index in [0.717, 1.165) is 13.8 Å². The van der Waals surface area contributed by atoms with Crippen molar-refractivity contribution in [1.82, 2.24) is 19.9 Å². The second-order valence-electron chi connectivity index (χ2n) is 15.4. The summed E-state index contributed by atoms with van der Waals surface area (Å²) in [6, 6.07) is 1.10. The molecule has 5 atom stereocenters. The number of alkyl halides is 2. The van der Waals surface area contributed by atoms with E-state index in [-0.39, 0.29) is 37.6 Å². The van der Waals surface area contributed by atoms with Gasteiger partial charge in [-0.2, -0.15) is 0 Å². The third-order valence-corrected chi connectivity index (χ3v) is 12.4. The molecule has 1 aromatic heterocycles. The average Bonchev–Trinajstić information content (AvgIpc) is 3.97. The number of fused-ring (bicyclic) bond motifs is 1. The molecule has 2 heterocycles. The molecule has 2 aromatic rings. The van der Waals surface area contributed by atoms with Crippen LogP contribution < -0.4 is 25.2 Å². The smallest absolute Gasteiger partial charge is 0.283 e. The summed E-state index contributed by atoms with van der Waals surface area (Å²) < 4.78 is 86.1. The molecule has 302 valence electrons. The van der Waals surface area contributed by atoms with Gasteiger partial charge in [-0.3, -0.25) is 19.1 Å². The van der Waals surface area contributed by atoms with E-state index < -0.39 is 91.9 Å². The fourth-order valence-electron chi connectivity index (χ4n) is 6.48. The molecule has 5 unspecified atom stereocenters. The van der Waals surface area contributed by atoms with E-state index >= 15 is 0 Å². The van der Waals surface area contributed by atoms with Crippen molar-refractivity contribution in [3.8, 4) is 11.6 Å². The van der Waals surface area contributed by atoms with Gasteiger partial charge in [-0.25, -0.2) is 31.6 Å². The largest absolute Gasteiger partial charge is 0.491 e. The van der Waals surface area contributed by atoms with Gasteiger partial charge in [-0.1, -0.05) is 26.0 Å². The van der Waals surface area contributed by atoms with E-state index in [2.05, 4.69) is 20.0 Å². The van der Waals surface area contributed by atoms with Crippen molar-refractivity contribution < 1.29 is 50.2 Å². The number of amidine groups is 1. The van der Waals surface area contributed by atoms with E-state index in [1.165, 1.54) is 30.2 Å². The van der Waals surface area contributed by atoms with E-state index in [9.17, 15) is 36.0 Å². The molecule has 5 rings (SSSR count). The van der Waals surface area contributed by atoms with Crippen LogP contribution >= 0.6 is 0 Å². The minimum Gasteiger partial charge on any atom is -0.491 e. The van der Waals surface area contributed by atoms with E-state index in [0.29, 0.717) is 23.6 Å². The highest BCUT2D eigenvalue weighted by Gasteiger charge is 2.63. The van der Waals surface area contributed by atoms with Crippen LogP contribution in [0.25, 0.3) is 10.8 Å². The number of nitrogens with two attached hydrogens (primary N) is 1. The molecule has 4 N–H and O–H groups in total. The number of hydrogen-bond acceptors (Lipinski definition) is 10. The Morgan fingerprint density at radius 1 is 1.22 bits per heavy atom. The maximum atomic E-state index is 15.0. The number of halogens is 3. The first kappa shape index (κ1) is 41.6. The Balaban J connectivity index is 1.47. The predicted octanol–water partition coefficient (Wildman–Crippen LogP) is 3.97. The van der Waals surface area contributed by atoms with Crippen molar-refractivity contribution in [2.45, 2.75) is 115 Å². The summed E-state index contributed by atoms with van der Waals surface area (Å²) in [6.45, 7) is 10.5. The van der Waals surface area contributed by atoms with Crippen LogP contribution in [-0.4, -0.2) is 95.7 Å². The molecule has 14 nitrogen and oxygen atoms in total. The number of ether oxygens (including phenoxy) is 3. The highest BCUT2D eigenvalue weighted by Crippen LogP contribution is 2.47. The molecule has 0 radical (unpaired) electrons. The minimum atomic E-state index is -4.05. The third kappa shape index (κ3) is 8.63. The first-order valence-corrected chi connectivity index (χ1v) is 19.7. The first-order chi connectivity index (χ1) is 25.7. The van der Waals surface area contributed by atoms with Crippen molar-refractivity contribution in [1.29, 1.82) is 0 Å². The first-order valence-electron chi connectivity index (χ1n) is 18.2. The zero-order valence-electron chi connectivity index (χ0n) is 31.9. The summed E-state index contributed by atoms with van der Waals surface area (Å²) in [5.41, 5.74) is 2.27. The summed E-state index contributed by atoms with van der Waals surface area (Å²) in [5.74, 6) is -4.09. The molecular formula is C37H49F3N6O8S. The summed E-state index contributed by atoms with van der Waals surface area (Å²) in [4.78, 5) is 52.0. The molecule has 2 aliphatic carbocycles. The van der Waals surface area contributed by atoms with Gasteiger partial charge in [0, 0.05) is 23.9 Å². The van der Waals surface area contributed by atoms with Crippen LogP contribution in [0.1, 0.15) is 74.1 Å². The van der Waals surface area contributed by atoms with Gasteiger partial charge in [0.25, 0.3) is 18.4 Å². The molecule has 0 bridgehead atoms. The average molecular weight is 795 g/mol. The number of likely N-dealkylation sites (tertiary alicyclic amines) is 1. The van der Waals surface area contributed by atoms with Crippen LogP contribution in [0, 0.1) is 17.7 Å². The fourth-order valence-corrected chi connectivity index (χ4v) is 7.79. The highest BCUT2D eigenvalue weighted by atomic mass is 32.2. The second kappa shape index (κ2) is 15.5. The van der Waals surface area contributed by atoms with Gasteiger partial charge in [-0.15, -0.1) is 0 Å². The number of carbonyl (C=O) groups is 3. The van der Waals surface area contributed by atoms with Crippen molar-refractivity contribution in [2.24, 2.45) is 22.6 Å². The number of nitrogens with zero attached hydrogens (tertiary/aromatic N) is 3. The number of pyridine rings is 1. The van der Waals surface area contributed by atoms with Gasteiger partial charge in [0.2, 0.25) is 27.7 Å². The van der Waals surface area contributed by atoms with Gasteiger partial charge in [0.05, 0.1) is 17.9 Å². The van der Waals surface area contributed by atoms with Crippen LogP contribution in [0.5, 0.6) is 11.6 Å². The topological polar surface area (TPSA) is 192 Å². The number of aliphatic imine (C=N–C) groups is 1. The van der Waals surface area contributed by atoms with Gasteiger partial charge in [0.1, 0.15) is 23.7 Å². The van der Waals surface area contributed by atoms with E-state index in [1.807, 2.05) is 0 Å². The molecule has 0 spiro atoms. The Morgan fingerprint density at radius 3 is 2.51 bits per heavy atom. The molecule has 1 aromatic carbocycles. The lowest BCUT2D eigenvalue weighted by Gasteiger charge is -2.30. The molecule has 3 fully saturated rings. The third-order valence-electron chi connectivity index (χ3n) is 10.3. The Kier molecular flexibility index (Phi) is 11.7. The zero-order valence-corrected chi connectivity index (χ0v) is 32.7. The van der Waals surface area contributed by atoms with Crippen LogP contribution in [0.4, 0.5) is 13.2 Å². The number of hydrogen-bond donors (Lipinski definition) is 3. The Morgan fingerprint density at radius 2 is 1.91 bits per heavy atom. The molecule has 2 saturated carbocycles. The maximum Gasteiger partial charge on any atom is 0.283 e. The Hall–Kier alpha value is -4.61. The molecule has 55 heavy (non-hydrogen) atoms. The summed E-state index contributed by atoms with van der Waals surface area (Å²) in [5, 5.41) is 3.61. The van der Waals surface area contributed by atoms with E-state index in [1.54, 1.807) is 45.9 Å². The molecule has 1 aliphatic heterocycles.